The van der Waals surface area contributed by atoms with Crippen LogP contribution in [0, 0.1) is 0 Å². The average Bonchev–Trinajstić information content (AvgIpc) is 2.31. The second kappa shape index (κ2) is 10.1. The van der Waals surface area contributed by atoms with Crippen LogP contribution < -0.4 is 5.32 Å². The van der Waals surface area contributed by atoms with Crippen molar-refractivity contribution in [1.29, 1.82) is 0 Å². The molecule has 0 amide bonds. The first kappa shape index (κ1) is 16.0. The molecule has 1 nitrogen and oxygen atoms in total. The zero-order chi connectivity index (χ0) is 12.3. The Kier molecular flexibility index (Phi) is 10.1. The van der Waals surface area contributed by atoms with Crippen molar-refractivity contribution in [3.05, 3.63) is 0 Å². The van der Waals surface area contributed by atoms with Crippen LogP contribution in [0.4, 0.5) is 0 Å². The first-order valence-electron chi connectivity index (χ1n) is 7.37. The summed E-state index contributed by atoms with van der Waals surface area (Å²) >= 11 is 0. The molecule has 0 fully saturated rings. The summed E-state index contributed by atoms with van der Waals surface area (Å²) in [4.78, 5) is 0. The maximum atomic E-state index is 3.53. The average molecular weight is 227 g/mol. The molecule has 0 heterocycles. The van der Waals surface area contributed by atoms with Gasteiger partial charge in [0, 0.05) is 5.54 Å². The lowest BCUT2D eigenvalue weighted by molar-refractivity contribution is 0.307. The highest BCUT2D eigenvalue weighted by Gasteiger charge is 2.20. The molecule has 0 spiro atoms. The highest BCUT2D eigenvalue weighted by Crippen LogP contribution is 2.22. The Morgan fingerprint density at radius 3 is 1.50 bits per heavy atom. The van der Waals surface area contributed by atoms with Crippen LogP contribution in [0.3, 0.4) is 0 Å². The minimum absolute atomic E-state index is 0.390. The van der Waals surface area contributed by atoms with E-state index >= 15 is 0 Å². The molecular weight excluding hydrogens is 194 g/mol. The molecule has 98 valence electrons. The lowest BCUT2D eigenvalue weighted by Gasteiger charge is -2.29. The summed E-state index contributed by atoms with van der Waals surface area (Å²) in [6, 6.07) is 0. The van der Waals surface area contributed by atoms with Gasteiger partial charge in [-0.1, -0.05) is 65.2 Å². The molecule has 0 aliphatic heterocycles. The summed E-state index contributed by atoms with van der Waals surface area (Å²) in [6.07, 6.45) is 13.7. The van der Waals surface area contributed by atoms with Crippen molar-refractivity contribution in [2.75, 3.05) is 7.05 Å². The Bertz CT molecular complexity index is 130. The van der Waals surface area contributed by atoms with E-state index in [-0.39, 0.29) is 0 Å². The van der Waals surface area contributed by atoms with E-state index in [0.29, 0.717) is 5.54 Å². The Hall–Kier alpha value is -0.0400. The van der Waals surface area contributed by atoms with E-state index in [1.54, 1.807) is 0 Å². The van der Waals surface area contributed by atoms with Crippen molar-refractivity contribution in [3.8, 4) is 0 Å². The van der Waals surface area contributed by atoms with Crippen molar-refractivity contribution < 1.29 is 0 Å². The number of hydrogen-bond donors (Lipinski definition) is 1. The summed E-state index contributed by atoms with van der Waals surface area (Å²) in [5, 5.41) is 3.53. The summed E-state index contributed by atoms with van der Waals surface area (Å²) in [6.45, 7) is 6.95. The smallest absolute Gasteiger partial charge is 0.0150 e. The van der Waals surface area contributed by atoms with Crippen LogP contribution in [0.25, 0.3) is 0 Å². The highest BCUT2D eigenvalue weighted by atomic mass is 14.9. The van der Waals surface area contributed by atoms with Crippen LogP contribution in [-0.2, 0) is 0 Å². The van der Waals surface area contributed by atoms with Gasteiger partial charge in [0.15, 0.2) is 0 Å². The third-order valence-electron chi connectivity index (χ3n) is 3.77. The van der Waals surface area contributed by atoms with Gasteiger partial charge >= 0.3 is 0 Å². The number of unbranched alkanes of at least 4 members (excludes halogenated alkanes) is 6. The third kappa shape index (κ3) is 8.15. The van der Waals surface area contributed by atoms with Crippen molar-refractivity contribution in [2.45, 2.75) is 90.5 Å². The van der Waals surface area contributed by atoms with Crippen molar-refractivity contribution in [1.82, 2.24) is 5.32 Å². The maximum Gasteiger partial charge on any atom is 0.0150 e. The molecule has 0 unspecified atom stereocenters. The second-order valence-corrected chi connectivity index (χ2v) is 5.43. The van der Waals surface area contributed by atoms with E-state index in [1.807, 2.05) is 0 Å². The SMILES string of the molecule is CCCCCCC(C)(CCCCCC)NC. The van der Waals surface area contributed by atoms with Gasteiger partial charge < -0.3 is 5.32 Å². The Morgan fingerprint density at radius 1 is 0.750 bits per heavy atom. The number of hydrogen-bond acceptors (Lipinski definition) is 1. The molecule has 1 heteroatoms. The van der Waals surface area contributed by atoms with E-state index in [0.717, 1.165) is 0 Å². The fourth-order valence-electron chi connectivity index (χ4n) is 2.26. The minimum Gasteiger partial charge on any atom is -0.315 e. The van der Waals surface area contributed by atoms with Gasteiger partial charge in [-0.25, -0.2) is 0 Å². The molecule has 16 heavy (non-hydrogen) atoms. The molecule has 0 saturated carbocycles. The predicted octanol–water partition coefficient (Wildman–Crippen LogP) is 4.91. The first-order valence-corrected chi connectivity index (χ1v) is 7.37. The molecule has 0 radical (unpaired) electrons. The van der Waals surface area contributed by atoms with Crippen LogP contribution in [0.2, 0.25) is 0 Å². The normalized spacial score (nSPS) is 12.0. The Balaban J connectivity index is 3.64. The Labute approximate surface area is 103 Å². The quantitative estimate of drug-likeness (QED) is 0.495. The van der Waals surface area contributed by atoms with Gasteiger partial charge in [0.25, 0.3) is 0 Å². The van der Waals surface area contributed by atoms with E-state index in [9.17, 15) is 0 Å². The molecule has 0 bridgehead atoms. The zero-order valence-corrected chi connectivity index (χ0v) is 12.1. The van der Waals surface area contributed by atoms with Crippen molar-refractivity contribution >= 4 is 0 Å². The first-order chi connectivity index (χ1) is 7.68. The van der Waals surface area contributed by atoms with Crippen LogP contribution in [0.1, 0.15) is 85.0 Å². The standard InChI is InChI=1S/C15H33N/c1-5-7-9-11-13-15(3,16-4)14-12-10-8-6-2/h16H,5-14H2,1-4H3. The lowest BCUT2D eigenvalue weighted by Crippen LogP contribution is -2.39. The summed E-state index contributed by atoms with van der Waals surface area (Å²) in [7, 11) is 2.12. The molecular formula is C15H33N. The molecule has 0 saturated heterocycles. The molecule has 0 aromatic carbocycles. The molecule has 0 aliphatic carbocycles. The van der Waals surface area contributed by atoms with Gasteiger partial charge in [0.1, 0.15) is 0 Å². The number of rotatable bonds is 11. The summed E-state index contributed by atoms with van der Waals surface area (Å²) < 4.78 is 0. The second-order valence-electron chi connectivity index (χ2n) is 5.43. The molecule has 0 aromatic heterocycles. The lowest BCUT2D eigenvalue weighted by atomic mass is 9.88. The van der Waals surface area contributed by atoms with Crippen molar-refractivity contribution in [2.24, 2.45) is 0 Å². The van der Waals surface area contributed by atoms with Gasteiger partial charge in [-0.05, 0) is 26.8 Å². The zero-order valence-electron chi connectivity index (χ0n) is 12.1. The van der Waals surface area contributed by atoms with E-state index in [2.05, 4.69) is 33.1 Å². The number of nitrogens with one attached hydrogen (secondary N) is 1. The predicted molar refractivity (Wildman–Crippen MR) is 75.0 cm³/mol. The van der Waals surface area contributed by atoms with E-state index < -0.39 is 0 Å². The molecule has 0 aliphatic rings. The minimum atomic E-state index is 0.390. The van der Waals surface area contributed by atoms with Gasteiger partial charge in [-0.2, -0.15) is 0 Å². The van der Waals surface area contributed by atoms with Gasteiger partial charge in [-0.3, -0.25) is 0 Å². The topological polar surface area (TPSA) is 12.0 Å². The molecule has 0 rings (SSSR count). The molecule has 0 aromatic rings. The fourth-order valence-corrected chi connectivity index (χ4v) is 2.26. The fraction of sp³-hybridized carbons (Fsp3) is 1.00. The maximum absolute atomic E-state index is 3.53. The van der Waals surface area contributed by atoms with Crippen LogP contribution in [0.15, 0.2) is 0 Å². The van der Waals surface area contributed by atoms with Gasteiger partial charge in [0.2, 0.25) is 0 Å². The summed E-state index contributed by atoms with van der Waals surface area (Å²) in [5.41, 5.74) is 0.390. The van der Waals surface area contributed by atoms with Crippen LogP contribution in [-0.4, -0.2) is 12.6 Å². The van der Waals surface area contributed by atoms with Gasteiger partial charge in [-0.15, -0.1) is 0 Å². The van der Waals surface area contributed by atoms with E-state index in [4.69, 9.17) is 0 Å². The summed E-state index contributed by atoms with van der Waals surface area (Å²) in [5.74, 6) is 0. The van der Waals surface area contributed by atoms with E-state index in [1.165, 1.54) is 64.2 Å². The molecule has 0 atom stereocenters. The van der Waals surface area contributed by atoms with Crippen LogP contribution >= 0.6 is 0 Å². The van der Waals surface area contributed by atoms with Crippen molar-refractivity contribution in [3.63, 3.8) is 0 Å². The largest absolute Gasteiger partial charge is 0.315 e. The van der Waals surface area contributed by atoms with Gasteiger partial charge in [0.05, 0.1) is 0 Å². The molecule has 1 N–H and O–H groups in total. The van der Waals surface area contributed by atoms with Crippen LogP contribution in [0.5, 0.6) is 0 Å². The monoisotopic (exact) mass is 227 g/mol. The third-order valence-corrected chi connectivity index (χ3v) is 3.77. The Morgan fingerprint density at radius 2 is 1.19 bits per heavy atom. The highest BCUT2D eigenvalue weighted by molar-refractivity contribution is 4.81.